The Bertz CT molecular complexity index is 929. The van der Waals surface area contributed by atoms with Gasteiger partial charge in [-0.25, -0.2) is 8.42 Å². The Balaban J connectivity index is 1.98. The lowest BCUT2D eigenvalue weighted by molar-refractivity contribution is 0.383. The summed E-state index contributed by atoms with van der Waals surface area (Å²) >= 11 is 0. The number of hydrogen-bond acceptors (Lipinski definition) is 3. The first kappa shape index (κ1) is 22.8. The van der Waals surface area contributed by atoms with Crippen LogP contribution in [0.5, 0.6) is 0 Å². The molecular weight excluding hydrogens is 392 g/mol. The van der Waals surface area contributed by atoms with Crippen molar-refractivity contribution in [1.29, 1.82) is 0 Å². The van der Waals surface area contributed by atoms with E-state index in [0.29, 0.717) is 37.0 Å². The van der Waals surface area contributed by atoms with Gasteiger partial charge in [0.05, 0.1) is 4.90 Å². The molecule has 1 saturated heterocycles. The van der Waals surface area contributed by atoms with Crippen molar-refractivity contribution in [1.82, 2.24) is 4.31 Å². The second kappa shape index (κ2) is 9.11. The summed E-state index contributed by atoms with van der Waals surface area (Å²) in [5.74, 6) is 0.666. The highest BCUT2D eigenvalue weighted by atomic mass is 32.2. The minimum atomic E-state index is -3.55. The summed E-state index contributed by atoms with van der Waals surface area (Å²) in [7, 11) is -3.55. The van der Waals surface area contributed by atoms with Crippen LogP contribution in [-0.2, 0) is 10.0 Å². The fraction of sp³-hybridized carbons (Fsp3) is 0.520. The molecule has 0 aromatic heterocycles. The Hall–Kier alpha value is -1.85. The molecule has 4 nitrogen and oxygen atoms in total. The van der Waals surface area contributed by atoms with Crippen LogP contribution < -0.4 is 4.90 Å². The number of benzene rings is 2. The van der Waals surface area contributed by atoms with Gasteiger partial charge in [-0.15, -0.1) is 0 Å². The minimum Gasteiger partial charge on any atom is -0.369 e. The highest BCUT2D eigenvalue weighted by Crippen LogP contribution is 2.37. The summed E-state index contributed by atoms with van der Waals surface area (Å²) in [6, 6.07) is 14.5. The molecule has 3 rings (SSSR count). The molecule has 0 radical (unpaired) electrons. The lowest BCUT2D eigenvalue weighted by Crippen LogP contribution is -2.49. The molecule has 0 aliphatic carbocycles. The van der Waals surface area contributed by atoms with E-state index in [4.69, 9.17) is 0 Å². The summed E-state index contributed by atoms with van der Waals surface area (Å²) < 4.78 is 29.4. The summed E-state index contributed by atoms with van der Waals surface area (Å²) in [4.78, 5) is 2.81. The molecule has 0 atom stereocenters. The molecule has 1 fully saturated rings. The molecule has 0 unspecified atom stereocenters. The topological polar surface area (TPSA) is 40.6 Å². The molecular formula is C25H36N2O2S. The second-order valence-corrected chi connectivity index (χ2v) is 11.1. The van der Waals surface area contributed by atoms with E-state index in [1.54, 1.807) is 4.31 Å². The van der Waals surface area contributed by atoms with Gasteiger partial charge < -0.3 is 4.90 Å². The SMILES string of the molecule is CC(C)c1cc(C(C)C)c(S(=O)(=O)N2CCN(c3ccccc3)CC2)c(C(C)C)c1. The van der Waals surface area contributed by atoms with E-state index in [9.17, 15) is 8.42 Å². The highest BCUT2D eigenvalue weighted by Gasteiger charge is 2.34. The molecule has 0 bridgehead atoms. The van der Waals surface area contributed by atoms with Crippen LogP contribution >= 0.6 is 0 Å². The largest absolute Gasteiger partial charge is 0.369 e. The predicted octanol–water partition coefficient (Wildman–Crippen LogP) is 5.57. The van der Waals surface area contributed by atoms with Crippen molar-refractivity contribution in [3.8, 4) is 0 Å². The number of nitrogens with zero attached hydrogens (tertiary/aromatic N) is 2. The zero-order valence-electron chi connectivity index (χ0n) is 19.2. The number of piperazine rings is 1. The van der Waals surface area contributed by atoms with Crippen molar-refractivity contribution in [3.05, 3.63) is 59.2 Å². The first-order valence-corrected chi connectivity index (χ1v) is 12.5. The molecule has 1 aliphatic heterocycles. The molecule has 1 aliphatic rings. The van der Waals surface area contributed by atoms with Crippen LogP contribution in [-0.4, -0.2) is 38.9 Å². The van der Waals surface area contributed by atoms with Gasteiger partial charge in [0, 0.05) is 31.9 Å². The summed E-state index contributed by atoms with van der Waals surface area (Å²) in [6.45, 7) is 15.2. The van der Waals surface area contributed by atoms with Gasteiger partial charge in [0.1, 0.15) is 0 Å². The Kier molecular flexibility index (Phi) is 6.93. The van der Waals surface area contributed by atoms with Gasteiger partial charge in [-0.05, 0) is 46.6 Å². The van der Waals surface area contributed by atoms with E-state index in [0.717, 1.165) is 16.8 Å². The van der Waals surface area contributed by atoms with Crippen molar-refractivity contribution in [2.75, 3.05) is 31.1 Å². The smallest absolute Gasteiger partial charge is 0.243 e. The Morgan fingerprint density at radius 2 is 1.23 bits per heavy atom. The molecule has 0 saturated carbocycles. The van der Waals surface area contributed by atoms with Crippen molar-refractivity contribution in [2.45, 2.75) is 64.2 Å². The van der Waals surface area contributed by atoms with Gasteiger partial charge in [0.2, 0.25) is 10.0 Å². The molecule has 2 aromatic carbocycles. The Morgan fingerprint density at radius 3 is 1.67 bits per heavy atom. The maximum atomic E-state index is 13.9. The van der Waals surface area contributed by atoms with Crippen LogP contribution in [0.4, 0.5) is 5.69 Å². The van der Waals surface area contributed by atoms with Gasteiger partial charge >= 0.3 is 0 Å². The molecule has 0 N–H and O–H groups in total. The number of sulfonamides is 1. The van der Waals surface area contributed by atoms with E-state index in [2.05, 4.69) is 70.7 Å². The quantitative estimate of drug-likeness (QED) is 0.604. The predicted molar refractivity (Wildman–Crippen MR) is 126 cm³/mol. The summed E-state index contributed by atoms with van der Waals surface area (Å²) in [5.41, 5.74) is 4.28. The van der Waals surface area contributed by atoms with E-state index < -0.39 is 10.0 Å². The van der Waals surface area contributed by atoms with Crippen LogP contribution in [0.15, 0.2) is 47.4 Å². The standard InChI is InChI=1S/C25H36N2O2S/c1-18(2)21-16-23(19(3)4)25(24(17-21)20(5)6)30(28,29)27-14-12-26(13-15-27)22-10-8-7-9-11-22/h7-11,16-20H,12-15H2,1-6H3. The van der Waals surface area contributed by atoms with E-state index in [1.165, 1.54) is 5.56 Å². The zero-order chi connectivity index (χ0) is 22.1. The molecule has 164 valence electrons. The number of rotatable bonds is 6. The molecule has 30 heavy (non-hydrogen) atoms. The fourth-order valence-corrected chi connectivity index (χ4v) is 6.23. The molecule has 0 amide bonds. The minimum absolute atomic E-state index is 0.150. The maximum absolute atomic E-state index is 13.9. The van der Waals surface area contributed by atoms with E-state index in [1.807, 2.05) is 18.2 Å². The highest BCUT2D eigenvalue weighted by molar-refractivity contribution is 7.89. The van der Waals surface area contributed by atoms with Crippen LogP contribution in [0.25, 0.3) is 0 Å². The Labute approximate surface area is 183 Å². The van der Waals surface area contributed by atoms with Gasteiger partial charge in [0.15, 0.2) is 0 Å². The average Bonchev–Trinajstić information content (AvgIpc) is 2.73. The fourth-order valence-electron chi connectivity index (χ4n) is 4.14. The van der Waals surface area contributed by atoms with Crippen LogP contribution in [0.1, 0.15) is 76.0 Å². The van der Waals surface area contributed by atoms with Gasteiger partial charge in [-0.3, -0.25) is 0 Å². The lowest BCUT2D eigenvalue weighted by atomic mass is 9.89. The average molecular weight is 429 g/mol. The summed E-state index contributed by atoms with van der Waals surface area (Å²) in [5, 5.41) is 0. The number of hydrogen-bond donors (Lipinski definition) is 0. The monoisotopic (exact) mass is 428 g/mol. The third-order valence-electron chi connectivity index (χ3n) is 6.04. The molecule has 1 heterocycles. The zero-order valence-corrected chi connectivity index (χ0v) is 20.0. The van der Waals surface area contributed by atoms with Gasteiger partial charge in [-0.2, -0.15) is 4.31 Å². The van der Waals surface area contributed by atoms with Crippen LogP contribution in [0.2, 0.25) is 0 Å². The molecule has 0 spiro atoms. The van der Waals surface area contributed by atoms with Gasteiger partial charge in [-0.1, -0.05) is 71.9 Å². The maximum Gasteiger partial charge on any atom is 0.243 e. The van der Waals surface area contributed by atoms with Gasteiger partial charge in [0.25, 0.3) is 0 Å². The van der Waals surface area contributed by atoms with Crippen LogP contribution in [0.3, 0.4) is 0 Å². The molecule has 5 heteroatoms. The third-order valence-corrected chi connectivity index (χ3v) is 8.07. The van der Waals surface area contributed by atoms with Crippen molar-refractivity contribution >= 4 is 15.7 Å². The first-order chi connectivity index (χ1) is 14.1. The third kappa shape index (κ3) is 4.57. The van der Waals surface area contributed by atoms with Crippen molar-refractivity contribution < 1.29 is 8.42 Å². The Morgan fingerprint density at radius 1 is 0.733 bits per heavy atom. The second-order valence-electron chi connectivity index (χ2n) is 9.22. The first-order valence-electron chi connectivity index (χ1n) is 11.1. The van der Waals surface area contributed by atoms with E-state index >= 15 is 0 Å². The van der Waals surface area contributed by atoms with E-state index in [-0.39, 0.29) is 11.8 Å². The number of para-hydroxylation sites is 1. The van der Waals surface area contributed by atoms with Crippen molar-refractivity contribution in [3.63, 3.8) is 0 Å². The normalized spacial score (nSPS) is 16.1. The van der Waals surface area contributed by atoms with Crippen molar-refractivity contribution in [2.24, 2.45) is 0 Å². The lowest BCUT2D eigenvalue weighted by Gasteiger charge is -2.36. The van der Waals surface area contributed by atoms with Crippen LogP contribution in [0, 0.1) is 0 Å². The number of anilines is 1. The summed E-state index contributed by atoms with van der Waals surface area (Å²) in [6.07, 6.45) is 0. The molecule has 2 aromatic rings.